The molecule has 0 aliphatic rings. The number of carbonyl (C=O) groups excluding carboxylic acids is 1. The third kappa shape index (κ3) is 5.02. The Balaban J connectivity index is 0.00000242. The van der Waals surface area contributed by atoms with Gasteiger partial charge in [-0.05, 0) is 24.3 Å². The third-order valence-corrected chi connectivity index (χ3v) is 3.04. The van der Waals surface area contributed by atoms with Crippen LogP contribution in [-0.2, 0) is 0 Å². The van der Waals surface area contributed by atoms with E-state index in [0.717, 1.165) is 5.39 Å². The first-order valence-corrected chi connectivity index (χ1v) is 7.04. The van der Waals surface area contributed by atoms with Gasteiger partial charge >= 0.3 is 0 Å². The first-order chi connectivity index (χ1) is 9.95. The summed E-state index contributed by atoms with van der Waals surface area (Å²) in [6.45, 7) is 6.20. The molecule has 0 bridgehead atoms. The minimum Gasteiger partial charge on any atom is -0.491 e. The standard InChI is InChI=1S/C16H21NO4.ClH/c1-10(2)17-8-13(19)9-20-14-4-5-15-12(6-14)7-16(21-15)11(3)18;/h4-7,10,13,17,19H,8-9H2,1-3H3;1H. The van der Waals surface area contributed by atoms with Crippen LogP contribution in [0.25, 0.3) is 11.0 Å². The molecule has 0 aliphatic heterocycles. The third-order valence-electron chi connectivity index (χ3n) is 3.04. The Morgan fingerprint density at radius 3 is 2.73 bits per heavy atom. The average molecular weight is 328 g/mol. The molecule has 2 rings (SSSR count). The highest BCUT2D eigenvalue weighted by molar-refractivity contribution is 5.96. The average Bonchev–Trinajstić information content (AvgIpc) is 2.86. The molecular formula is C16H22ClNO4. The fraction of sp³-hybridized carbons (Fsp3) is 0.438. The predicted molar refractivity (Wildman–Crippen MR) is 88.1 cm³/mol. The van der Waals surface area contributed by atoms with Crippen molar-refractivity contribution in [3.63, 3.8) is 0 Å². The second kappa shape index (κ2) is 8.17. The number of aliphatic hydroxyl groups is 1. The summed E-state index contributed by atoms with van der Waals surface area (Å²) >= 11 is 0. The van der Waals surface area contributed by atoms with E-state index in [9.17, 15) is 9.90 Å². The first kappa shape index (κ1) is 18.5. The number of benzene rings is 1. The monoisotopic (exact) mass is 327 g/mol. The van der Waals surface area contributed by atoms with Crippen molar-refractivity contribution in [1.29, 1.82) is 0 Å². The van der Waals surface area contributed by atoms with E-state index < -0.39 is 6.10 Å². The molecule has 22 heavy (non-hydrogen) atoms. The lowest BCUT2D eigenvalue weighted by molar-refractivity contribution is 0.0989. The van der Waals surface area contributed by atoms with Crippen LogP contribution in [0.5, 0.6) is 5.75 Å². The fourth-order valence-corrected chi connectivity index (χ4v) is 1.91. The zero-order valence-electron chi connectivity index (χ0n) is 13.0. The molecule has 0 spiro atoms. The number of furan rings is 1. The van der Waals surface area contributed by atoms with Gasteiger partial charge in [-0.1, -0.05) is 13.8 Å². The summed E-state index contributed by atoms with van der Waals surface area (Å²) in [4.78, 5) is 11.3. The molecule has 0 saturated carbocycles. The minimum atomic E-state index is -0.569. The molecule has 6 heteroatoms. The van der Waals surface area contributed by atoms with Gasteiger partial charge < -0.3 is 19.6 Å². The van der Waals surface area contributed by atoms with Crippen LogP contribution in [0.2, 0.25) is 0 Å². The molecule has 0 amide bonds. The number of nitrogens with one attached hydrogen (secondary N) is 1. The molecule has 1 aromatic heterocycles. The van der Waals surface area contributed by atoms with E-state index in [2.05, 4.69) is 5.32 Å². The molecule has 1 aromatic carbocycles. The van der Waals surface area contributed by atoms with E-state index in [4.69, 9.17) is 9.15 Å². The van der Waals surface area contributed by atoms with E-state index in [1.54, 1.807) is 24.3 Å². The van der Waals surface area contributed by atoms with Gasteiger partial charge in [0.1, 0.15) is 24.0 Å². The molecule has 2 N–H and O–H groups in total. The van der Waals surface area contributed by atoms with Crippen LogP contribution in [0, 0.1) is 0 Å². The maximum absolute atomic E-state index is 11.3. The fourth-order valence-electron chi connectivity index (χ4n) is 1.91. The van der Waals surface area contributed by atoms with Gasteiger partial charge in [0.2, 0.25) is 0 Å². The van der Waals surface area contributed by atoms with Crippen molar-refractivity contribution in [1.82, 2.24) is 5.32 Å². The lowest BCUT2D eigenvalue weighted by Gasteiger charge is -2.14. The number of ether oxygens (including phenoxy) is 1. The predicted octanol–water partition coefficient (Wildman–Crippen LogP) is 2.79. The highest BCUT2D eigenvalue weighted by Crippen LogP contribution is 2.24. The van der Waals surface area contributed by atoms with E-state index in [0.29, 0.717) is 29.7 Å². The van der Waals surface area contributed by atoms with Crippen molar-refractivity contribution in [3.8, 4) is 5.75 Å². The molecule has 1 unspecified atom stereocenters. The molecule has 0 aliphatic carbocycles. The number of aliphatic hydroxyl groups excluding tert-OH is 1. The highest BCUT2D eigenvalue weighted by atomic mass is 35.5. The minimum absolute atomic E-state index is 0. The number of fused-ring (bicyclic) bond motifs is 1. The lowest BCUT2D eigenvalue weighted by Crippen LogP contribution is -2.35. The Morgan fingerprint density at radius 1 is 1.36 bits per heavy atom. The largest absolute Gasteiger partial charge is 0.491 e. The van der Waals surface area contributed by atoms with Gasteiger partial charge in [0.05, 0.1) is 0 Å². The second-order valence-electron chi connectivity index (χ2n) is 5.39. The maximum Gasteiger partial charge on any atom is 0.194 e. The van der Waals surface area contributed by atoms with Crippen molar-refractivity contribution in [2.75, 3.05) is 13.2 Å². The number of hydrogen-bond donors (Lipinski definition) is 2. The molecule has 0 fully saturated rings. The van der Waals surface area contributed by atoms with E-state index in [1.807, 2.05) is 13.8 Å². The molecule has 1 atom stereocenters. The van der Waals surface area contributed by atoms with Crippen molar-refractivity contribution < 1.29 is 19.1 Å². The molecular weight excluding hydrogens is 306 g/mol. The number of rotatable bonds is 7. The van der Waals surface area contributed by atoms with Crippen LogP contribution in [0.15, 0.2) is 28.7 Å². The summed E-state index contributed by atoms with van der Waals surface area (Å²) < 4.78 is 11.0. The molecule has 5 nitrogen and oxygen atoms in total. The zero-order chi connectivity index (χ0) is 15.4. The topological polar surface area (TPSA) is 71.7 Å². The van der Waals surface area contributed by atoms with Gasteiger partial charge in [-0.3, -0.25) is 4.79 Å². The number of hydrogen-bond acceptors (Lipinski definition) is 5. The van der Waals surface area contributed by atoms with Crippen LogP contribution < -0.4 is 10.1 Å². The number of carbonyl (C=O) groups is 1. The Labute approximate surface area is 136 Å². The lowest BCUT2D eigenvalue weighted by atomic mass is 10.2. The van der Waals surface area contributed by atoms with Gasteiger partial charge in [-0.2, -0.15) is 0 Å². The van der Waals surface area contributed by atoms with Crippen molar-refractivity contribution in [2.24, 2.45) is 0 Å². The molecule has 1 heterocycles. The zero-order valence-corrected chi connectivity index (χ0v) is 13.8. The van der Waals surface area contributed by atoms with Crippen molar-refractivity contribution >= 4 is 29.2 Å². The van der Waals surface area contributed by atoms with Gasteiger partial charge in [-0.25, -0.2) is 0 Å². The molecule has 2 aromatic rings. The quantitative estimate of drug-likeness (QED) is 0.765. The Bertz CT molecular complexity index is 624. The van der Waals surface area contributed by atoms with Crippen LogP contribution in [-0.4, -0.2) is 36.2 Å². The number of halogens is 1. The van der Waals surface area contributed by atoms with Crippen molar-refractivity contribution in [3.05, 3.63) is 30.0 Å². The number of Topliss-reactive ketones (excluding diaryl/α,β-unsaturated/α-hetero) is 1. The smallest absolute Gasteiger partial charge is 0.194 e. The first-order valence-electron chi connectivity index (χ1n) is 7.04. The summed E-state index contributed by atoms with van der Waals surface area (Å²) in [5.41, 5.74) is 0.648. The SMILES string of the molecule is CC(=O)c1cc2cc(OCC(O)CNC(C)C)ccc2o1.Cl. The second-order valence-corrected chi connectivity index (χ2v) is 5.39. The van der Waals surface area contributed by atoms with Crippen LogP contribution in [0.1, 0.15) is 31.3 Å². The Hall–Kier alpha value is -1.56. The maximum atomic E-state index is 11.3. The summed E-state index contributed by atoms with van der Waals surface area (Å²) in [5.74, 6) is 0.870. The molecule has 0 saturated heterocycles. The van der Waals surface area contributed by atoms with Crippen LogP contribution in [0.4, 0.5) is 0 Å². The van der Waals surface area contributed by atoms with E-state index in [-0.39, 0.29) is 24.8 Å². The normalized spacial score (nSPS) is 12.2. The number of ketones is 1. The molecule has 122 valence electrons. The summed E-state index contributed by atoms with van der Waals surface area (Å²) in [6, 6.07) is 7.34. The Kier molecular flexibility index (Phi) is 6.87. The van der Waals surface area contributed by atoms with Gasteiger partial charge in [0.25, 0.3) is 0 Å². The summed E-state index contributed by atoms with van der Waals surface area (Å²) in [5, 5.41) is 13.8. The van der Waals surface area contributed by atoms with Gasteiger partial charge in [0, 0.05) is 24.9 Å². The van der Waals surface area contributed by atoms with E-state index >= 15 is 0 Å². The van der Waals surface area contributed by atoms with Crippen LogP contribution >= 0.6 is 12.4 Å². The van der Waals surface area contributed by atoms with Crippen LogP contribution in [0.3, 0.4) is 0 Å². The van der Waals surface area contributed by atoms with Crippen molar-refractivity contribution in [2.45, 2.75) is 32.9 Å². The van der Waals surface area contributed by atoms with Gasteiger partial charge in [0.15, 0.2) is 11.5 Å². The highest BCUT2D eigenvalue weighted by Gasteiger charge is 2.10. The summed E-state index contributed by atoms with van der Waals surface area (Å²) in [6.07, 6.45) is -0.569. The Morgan fingerprint density at radius 2 is 2.09 bits per heavy atom. The summed E-state index contributed by atoms with van der Waals surface area (Å²) in [7, 11) is 0. The molecule has 0 radical (unpaired) electrons. The van der Waals surface area contributed by atoms with Gasteiger partial charge in [-0.15, -0.1) is 12.4 Å². The van der Waals surface area contributed by atoms with E-state index in [1.165, 1.54) is 6.92 Å².